The number of hydrogen-bond acceptors (Lipinski definition) is 2. The predicted octanol–water partition coefficient (Wildman–Crippen LogP) is 3.54. The lowest BCUT2D eigenvalue weighted by molar-refractivity contribution is -0.148. The molecule has 0 aliphatic rings. The fourth-order valence-corrected chi connectivity index (χ4v) is 2.27. The van der Waals surface area contributed by atoms with Gasteiger partial charge >= 0.3 is 5.97 Å². The van der Waals surface area contributed by atoms with Crippen LogP contribution in [0.1, 0.15) is 33.6 Å². The molecule has 4 heteroatoms. The zero-order valence-electron chi connectivity index (χ0n) is 11.8. The second-order valence-electron chi connectivity index (χ2n) is 4.79. The number of hydrogen-bond donors (Lipinski definition) is 1. The van der Waals surface area contributed by atoms with E-state index in [2.05, 4.69) is 0 Å². The van der Waals surface area contributed by atoms with Gasteiger partial charge in [0.15, 0.2) is 0 Å². The van der Waals surface area contributed by atoms with Crippen LogP contribution in [0.25, 0.3) is 0 Å². The first-order valence-corrected chi connectivity index (χ1v) is 6.73. The van der Waals surface area contributed by atoms with Crippen molar-refractivity contribution in [3.8, 4) is 0 Å². The summed E-state index contributed by atoms with van der Waals surface area (Å²) < 4.78 is 13.3. The molecule has 0 aliphatic carbocycles. The molecule has 0 atom stereocenters. The van der Waals surface area contributed by atoms with Crippen LogP contribution in [0.3, 0.4) is 0 Å². The topological polar surface area (TPSA) is 40.5 Å². The van der Waals surface area contributed by atoms with Crippen LogP contribution in [-0.4, -0.2) is 24.2 Å². The van der Waals surface area contributed by atoms with Gasteiger partial charge in [0.25, 0.3) is 0 Å². The zero-order valence-corrected chi connectivity index (χ0v) is 11.8. The Hall–Kier alpha value is -1.58. The lowest BCUT2D eigenvalue weighted by Gasteiger charge is -2.34. The third-order valence-corrected chi connectivity index (χ3v) is 3.86. The molecule has 0 bridgehead atoms. The van der Waals surface area contributed by atoms with E-state index in [1.165, 1.54) is 12.1 Å². The van der Waals surface area contributed by atoms with E-state index in [1.54, 1.807) is 6.07 Å². The van der Waals surface area contributed by atoms with Gasteiger partial charge in [-0.25, -0.2) is 4.39 Å². The van der Waals surface area contributed by atoms with Crippen molar-refractivity contribution in [2.24, 2.45) is 5.41 Å². The minimum Gasteiger partial charge on any atom is -0.481 e. The molecule has 106 valence electrons. The molecule has 0 aliphatic heterocycles. The van der Waals surface area contributed by atoms with Crippen LogP contribution in [0.5, 0.6) is 0 Å². The molecule has 0 aromatic heterocycles. The fraction of sp³-hybridized carbons (Fsp3) is 0.533. The summed E-state index contributed by atoms with van der Waals surface area (Å²) >= 11 is 0. The summed E-state index contributed by atoms with van der Waals surface area (Å²) in [4.78, 5) is 13.5. The van der Waals surface area contributed by atoms with Gasteiger partial charge in [-0.1, -0.05) is 19.9 Å². The molecule has 1 rings (SSSR count). The number of benzene rings is 1. The van der Waals surface area contributed by atoms with Gasteiger partial charge in [0, 0.05) is 18.8 Å². The quantitative estimate of drug-likeness (QED) is 0.821. The first-order chi connectivity index (χ1) is 8.99. The van der Waals surface area contributed by atoms with E-state index in [9.17, 15) is 14.3 Å². The fourth-order valence-electron chi connectivity index (χ4n) is 2.27. The number of carboxylic acid groups (broad SMARTS) is 1. The van der Waals surface area contributed by atoms with Gasteiger partial charge in [0.2, 0.25) is 0 Å². The molecule has 1 aromatic carbocycles. The standard InChI is InChI=1S/C15H22FNO2/c1-4-15(5-2,14(18)19)11-17(6-3)13-9-7-8-12(16)10-13/h7-10H,4-6,11H2,1-3H3,(H,18,19). The summed E-state index contributed by atoms with van der Waals surface area (Å²) in [5.74, 6) is -1.09. The maximum atomic E-state index is 13.3. The highest BCUT2D eigenvalue weighted by molar-refractivity contribution is 5.75. The Balaban J connectivity index is 3.01. The van der Waals surface area contributed by atoms with E-state index in [0.29, 0.717) is 25.9 Å². The smallest absolute Gasteiger partial charge is 0.311 e. The van der Waals surface area contributed by atoms with Crippen LogP contribution < -0.4 is 4.90 Å². The molecule has 0 amide bonds. The maximum absolute atomic E-state index is 13.3. The Morgan fingerprint density at radius 1 is 1.32 bits per heavy atom. The molecule has 0 unspecified atom stereocenters. The first kappa shape index (κ1) is 15.5. The van der Waals surface area contributed by atoms with Gasteiger partial charge in [-0.15, -0.1) is 0 Å². The highest BCUT2D eigenvalue weighted by Crippen LogP contribution is 2.30. The van der Waals surface area contributed by atoms with Gasteiger partial charge in [0.05, 0.1) is 5.41 Å². The predicted molar refractivity (Wildman–Crippen MR) is 74.9 cm³/mol. The number of nitrogens with zero attached hydrogens (tertiary/aromatic N) is 1. The van der Waals surface area contributed by atoms with E-state index >= 15 is 0 Å². The number of carboxylic acids is 1. The monoisotopic (exact) mass is 267 g/mol. The second-order valence-corrected chi connectivity index (χ2v) is 4.79. The van der Waals surface area contributed by atoms with E-state index < -0.39 is 11.4 Å². The Morgan fingerprint density at radius 2 is 1.95 bits per heavy atom. The molecular weight excluding hydrogens is 245 g/mol. The number of rotatable bonds is 7. The SMILES string of the molecule is CCN(CC(CC)(CC)C(=O)O)c1cccc(F)c1. The second kappa shape index (κ2) is 6.55. The Kier molecular flexibility index (Phi) is 5.33. The van der Waals surface area contributed by atoms with Crippen molar-refractivity contribution >= 4 is 11.7 Å². The molecule has 0 saturated heterocycles. The van der Waals surface area contributed by atoms with Crippen LogP contribution in [0.2, 0.25) is 0 Å². The van der Waals surface area contributed by atoms with Gasteiger partial charge in [-0.3, -0.25) is 4.79 Å². The highest BCUT2D eigenvalue weighted by Gasteiger charge is 2.36. The zero-order chi connectivity index (χ0) is 14.5. The van der Waals surface area contributed by atoms with Crippen molar-refractivity contribution in [1.29, 1.82) is 0 Å². The van der Waals surface area contributed by atoms with Crippen LogP contribution in [0.15, 0.2) is 24.3 Å². The first-order valence-electron chi connectivity index (χ1n) is 6.73. The van der Waals surface area contributed by atoms with Crippen molar-refractivity contribution in [3.63, 3.8) is 0 Å². The van der Waals surface area contributed by atoms with Crippen molar-refractivity contribution < 1.29 is 14.3 Å². The van der Waals surface area contributed by atoms with Crippen LogP contribution in [-0.2, 0) is 4.79 Å². The van der Waals surface area contributed by atoms with Gasteiger partial charge in [0.1, 0.15) is 5.82 Å². The summed E-state index contributed by atoms with van der Waals surface area (Å²) in [6, 6.07) is 6.29. The number of carbonyl (C=O) groups is 1. The lowest BCUT2D eigenvalue weighted by atomic mass is 9.81. The minimum atomic E-state index is -0.785. The molecular formula is C15H22FNO2. The van der Waals surface area contributed by atoms with Crippen molar-refractivity contribution in [2.75, 3.05) is 18.0 Å². The summed E-state index contributed by atoms with van der Waals surface area (Å²) in [5, 5.41) is 9.47. The molecule has 1 aromatic rings. The van der Waals surface area contributed by atoms with Crippen LogP contribution in [0, 0.1) is 11.2 Å². The number of anilines is 1. The van der Waals surface area contributed by atoms with Crippen LogP contribution >= 0.6 is 0 Å². The van der Waals surface area contributed by atoms with E-state index in [1.807, 2.05) is 31.7 Å². The van der Waals surface area contributed by atoms with E-state index in [-0.39, 0.29) is 5.82 Å². The van der Waals surface area contributed by atoms with Gasteiger partial charge in [-0.05, 0) is 38.0 Å². The summed E-state index contributed by atoms with van der Waals surface area (Å²) in [7, 11) is 0. The third kappa shape index (κ3) is 3.46. The average molecular weight is 267 g/mol. The van der Waals surface area contributed by atoms with Crippen molar-refractivity contribution in [2.45, 2.75) is 33.6 Å². The Labute approximate surface area is 114 Å². The molecule has 0 saturated carbocycles. The molecule has 0 spiro atoms. The number of aliphatic carboxylic acids is 1. The highest BCUT2D eigenvalue weighted by atomic mass is 19.1. The molecule has 19 heavy (non-hydrogen) atoms. The number of halogens is 1. The van der Waals surface area contributed by atoms with E-state index in [4.69, 9.17) is 0 Å². The minimum absolute atomic E-state index is 0.301. The largest absolute Gasteiger partial charge is 0.481 e. The Bertz CT molecular complexity index is 430. The summed E-state index contributed by atoms with van der Waals surface area (Å²) in [6.07, 6.45) is 1.12. The van der Waals surface area contributed by atoms with Crippen molar-refractivity contribution in [3.05, 3.63) is 30.1 Å². The Morgan fingerprint density at radius 3 is 2.37 bits per heavy atom. The average Bonchev–Trinajstić information content (AvgIpc) is 2.40. The van der Waals surface area contributed by atoms with E-state index in [0.717, 1.165) is 5.69 Å². The third-order valence-electron chi connectivity index (χ3n) is 3.86. The molecule has 3 nitrogen and oxygen atoms in total. The molecule has 1 N–H and O–H groups in total. The molecule has 0 radical (unpaired) electrons. The van der Waals surface area contributed by atoms with Crippen molar-refractivity contribution in [1.82, 2.24) is 0 Å². The molecule has 0 fully saturated rings. The maximum Gasteiger partial charge on any atom is 0.311 e. The normalized spacial score (nSPS) is 11.4. The van der Waals surface area contributed by atoms with Gasteiger partial charge < -0.3 is 10.0 Å². The molecule has 0 heterocycles. The summed E-state index contributed by atoms with van der Waals surface area (Å²) in [5.41, 5.74) is -0.0440. The van der Waals surface area contributed by atoms with Crippen LogP contribution in [0.4, 0.5) is 10.1 Å². The lowest BCUT2D eigenvalue weighted by Crippen LogP contribution is -2.42. The van der Waals surface area contributed by atoms with Gasteiger partial charge in [-0.2, -0.15) is 0 Å². The summed E-state index contributed by atoms with van der Waals surface area (Å²) in [6.45, 7) is 6.77.